The van der Waals surface area contributed by atoms with Gasteiger partial charge in [0.15, 0.2) is 0 Å². The molecule has 0 saturated carbocycles. The van der Waals surface area contributed by atoms with Crippen LogP contribution in [0.25, 0.3) is 0 Å². The van der Waals surface area contributed by atoms with E-state index in [1.54, 1.807) is 0 Å². The third kappa shape index (κ3) is 4.59. The van der Waals surface area contributed by atoms with E-state index in [1.165, 1.54) is 5.56 Å². The number of carbonyl (C=O) groups excluding carboxylic acids is 1. The SMILES string of the molecule is CC(CCNC(=O)C(C)(C)c1ccc(Cl)cc1)c1ccccc1. The van der Waals surface area contributed by atoms with Gasteiger partial charge in [-0.25, -0.2) is 0 Å². The second-order valence-electron chi connectivity index (χ2n) is 6.49. The Labute approximate surface area is 143 Å². The molecule has 2 rings (SSSR count). The lowest BCUT2D eigenvalue weighted by molar-refractivity contribution is -0.125. The lowest BCUT2D eigenvalue weighted by atomic mass is 9.83. The predicted molar refractivity (Wildman–Crippen MR) is 97.0 cm³/mol. The van der Waals surface area contributed by atoms with E-state index in [9.17, 15) is 4.79 Å². The Bertz CT molecular complexity index is 634. The molecule has 1 N–H and O–H groups in total. The maximum Gasteiger partial charge on any atom is 0.230 e. The topological polar surface area (TPSA) is 29.1 Å². The maximum absolute atomic E-state index is 12.5. The van der Waals surface area contributed by atoms with Crippen LogP contribution < -0.4 is 5.32 Å². The minimum absolute atomic E-state index is 0.0417. The third-order valence-corrected chi connectivity index (χ3v) is 4.62. The Morgan fingerprint density at radius 1 is 1.09 bits per heavy atom. The number of halogens is 1. The standard InChI is InChI=1S/C20H24ClNO/c1-15(16-7-5-4-6-8-16)13-14-22-19(23)20(2,3)17-9-11-18(21)12-10-17/h4-12,15H,13-14H2,1-3H3,(H,22,23). The highest BCUT2D eigenvalue weighted by atomic mass is 35.5. The van der Waals surface area contributed by atoms with Gasteiger partial charge in [-0.1, -0.05) is 61.0 Å². The van der Waals surface area contributed by atoms with Crippen molar-refractivity contribution in [3.05, 3.63) is 70.7 Å². The van der Waals surface area contributed by atoms with Crippen molar-refractivity contribution in [1.29, 1.82) is 0 Å². The minimum Gasteiger partial charge on any atom is -0.355 e. The summed E-state index contributed by atoms with van der Waals surface area (Å²) in [7, 11) is 0. The van der Waals surface area contributed by atoms with Gasteiger partial charge in [0, 0.05) is 11.6 Å². The molecule has 2 nitrogen and oxygen atoms in total. The van der Waals surface area contributed by atoms with Gasteiger partial charge in [-0.3, -0.25) is 4.79 Å². The maximum atomic E-state index is 12.5. The van der Waals surface area contributed by atoms with Gasteiger partial charge in [0.25, 0.3) is 0 Å². The molecule has 122 valence electrons. The van der Waals surface area contributed by atoms with E-state index in [0.29, 0.717) is 17.5 Å². The molecule has 0 aliphatic carbocycles. The second kappa shape index (κ2) is 7.65. The van der Waals surface area contributed by atoms with Crippen LogP contribution in [0.3, 0.4) is 0 Å². The van der Waals surface area contributed by atoms with E-state index < -0.39 is 5.41 Å². The average molecular weight is 330 g/mol. The zero-order valence-electron chi connectivity index (χ0n) is 14.0. The average Bonchev–Trinajstić information content (AvgIpc) is 2.55. The second-order valence-corrected chi connectivity index (χ2v) is 6.92. The number of hydrogen-bond acceptors (Lipinski definition) is 1. The lowest BCUT2D eigenvalue weighted by Crippen LogP contribution is -2.40. The first-order valence-electron chi connectivity index (χ1n) is 8.00. The molecule has 0 bridgehead atoms. The van der Waals surface area contributed by atoms with E-state index in [0.717, 1.165) is 12.0 Å². The largest absolute Gasteiger partial charge is 0.355 e. The monoisotopic (exact) mass is 329 g/mol. The van der Waals surface area contributed by atoms with Crippen molar-refractivity contribution in [2.45, 2.75) is 38.5 Å². The van der Waals surface area contributed by atoms with Gasteiger partial charge in [0.1, 0.15) is 0 Å². The first kappa shape index (κ1) is 17.6. The van der Waals surface area contributed by atoms with Gasteiger partial charge in [-0.15, -0.1) is 0 Å². The highest BCUT2D eigenvalue weighted by Gasteiger charge is 2.29. The minimum atomic E-state index is -0.569. The smallest absolute Gasteiger partial charge is 0.230 e. The molecule has 2 aromatic carbocycles. The van der Waals surface area contributed by atoms with E-state index in [4.69, 9.17) is 11.6 Å². The molecule has 1 atom stereocenters. The zero-order valence-corrected chi connectivity index (χ0v) is 14.7. The van der Waals surface area contributed by atoms with Gasteiger partial charge in [0.05, 0.1) is 5.41 Å². The molecule has 0 aliphatic heterocycles. The predicted octanol–water partition coefficient (Wildman–Crippen LogP) is 4.93. The molecule has 3 heteroatoms. The van der Waals surface area contributed by atoms with Gasteiger partial charge in [0.2, 0.25) is 5.91 Å². The van der Waals surface area contributed by atoms with Crippen molar-refractivity contribution in [3.63, 3.8) is 0 Å². The number of carbonyl (C=O) groups is 1. The van der Waals surface area contributed by atoms with Crippen LogP contribution in [0, 0.1) is 0 Å². The number of amides is 1. The fourth-order valence-electron chi connectivity index (χ4n) is 2.57. The van der Waals surface area contributed by atoms with Gasteiger partial charge >= 0.3 is 0 Å². The van der Waals surface area contributed by atoms with Crippen molar-refractivity contribution in [2.24, 2.45) is 0 Å². The van der Waals surface area contributed by atoms with Gasteiger partial charge < -0.3 is 5.32 Å². The quantitative estimate of drug-likeness (QED) is 0.800. The summed E-state index contributed by atoms with van der Waals surface area (Å²) < 4.78 is 0. The van der Waals surface area contributed by atoms with E-state index in [1.807, 2.05) is 56.3 Å². The Hall–Kier alpha value is -1.80. The zero-order chi connectivity index (χ0) is 16.9. The molecule has 0 spiro atoms. The number of rotatable bonds is 6. The van der Waals surface area contributed by atoms with Crippen LogP contribution in [0.2, 0.25) is 5.02 Å². The fourth-order valence-corrected chi connectivity index (χ4v) is 2.70. The highest BCUT2D eigenvalue weighted by molar-refractivity contribution is 6.30. The third-order valence-electron chi connectivity index (χ3n) is 4.37. The van der Waals surface area contributed by atoms with E-state index in [-0.39, 0.29) is 5.91 Å². The summed E-state index contributed by atoms with van der Waals surface area (Å²) in [6.07, 6.45) is 0.923. The highest BCUT2D eigenvalue weighted by Crippen LogP contribution is 2.25. The summed E-state index contributed by atoms with van der Waals surface area (Å²) >= 11 is 5.92. The fraction of sp³-hybridized carbons (Fsp3) is 0.350. The molecular weight excluding hydrogens is 306 g/mol. The number of nitrogens with one attached hydrogen (secondary N) is 1. The van der Waals surface area contributed by atoms with Crippen LogP contribution in [-0.2, 0) is 10.2 Å². The molecule has 2 aromatic rings. The first-order chi connectivity index (χ1) is 10.9. The Balaban J connectivity index is 1.90. The van der Waals surface area contributed by atoms with E-state index >= 15 is 0 Å². The molecule has 1 unspecified atom stereocenters. The van der Waals surface area contributed by atoms with Crippen LogP contribution in [0.15, 0.2) is 54.6 Å². The molecule has 0 fully saturated rings. The van der Waals surface area contributed by atoms with Crippen molar-refractivity contribution in [1.82, 2.24) is 5.32 Å². The first-order valence-corrected chi connectivity index (χ1v) is 8.38. The summed E-state index contributed by atoms with van der Waals surface area (Å²) in [6.45, 7) is 6.73. The molecule has 1 amide bonds. The molecule has 0 radical (unpaired) electrons. The van der Waals surface area contributed by atoms with Gasteiger partial charge in [-0.05, 0) is 49.4 Å². The molecule has 0 heterocycles. The Kier molecular flexibility index (Phi) is 5.84. The summed E-state index contributed by atoms with van der Waals surface area (Å²) in [5.41, 5.74) is 1.70. The van der Waals surface area contributed by atoms with Crippen LogP contribution >= 0.6 is 11.6 Å². The molecule has 23 heavy (non-hydrogen) atoms. The molecular formula is C20H24ClNO. The van der Waals surface area contributed by atoms with Crippen LogP contribution in [-0.4, -0.2) is 12.5 Å². The van der Waals surface area contributed by atoms with Crippen molar-refractivity contribution in [3.8, 4) is 0 Å². The summed E-state index contributed by atoms with van der Waals surface area (Å²) in [4.78, 5) is 12.5. The van der Waals surface area contributed by atoms with Crippen molar-refractivity contribution in [2.75, 3.05) is 6.54 Å². The Morgan fingerprint density at radius 3 is 2.30 bits per heavy atom. The summed E-state index contributed by atoms with van der Waals surface area (Å²) in [5, 5.41) is 3.75. The van der Waals surface area contributed by atoms with Crippen LogP contribution in [0.5, 0.6) is 0 Å². The summed E-state index contributed by atoms with van der Waals surface area (Å²) in [6, 6.07) is 17.8. The summed E-state index contributed by atoms with van der Waals surface area (Å²) in [5.74, 6) is 0.468. The molecule has 0 aliphatic rings. The molecule has 0 aromatic heterocycles. The van der Waals surface area contributed by atoms with Gasteiger partial charge in [-0.2, -0.15) is 0 Å². The van der Waals surface area contributed by atoms with Crippen LogP contribution in [0.4, 0.5) is 0 Å². The lowest BCUT2D eigenvalue weighted by Gasteiger charge is -2.24. The van der Waals surface area contributed by atoms with Crippen molar-refractivity contribution < 1.29 is 4.79 Å². The van der Waals surface area contributed by atoms with E-state index in [2.05, 4.69) is 24.4 Å². The number of benzene rings is 2. The normalized spacial score (nSPS) is 12.7. The van der Waals surface area contributed by atoms with Crippen molar-refractivity contribution >= 4 is 17.5 Å². The number of hydrogen-bond donors (Lipinski definition) is 1. The molecule has 0 saturated heterocycles. The van der Waals surface area contributed by atoms with Crippen LogP contribution in [0.1, 0.15) is 44.2 Å². The Morgan fingerprint density at radius 2 is 1.70 bits per heavy atom.